The van der Waals surface area contributed by atoms with E-state index in [4.69, 9.17) is 0 Å². The first-order chi connectivity index (χ1) is 13.6. The average Bonchev–Trinajstić information content (AvgIpc) is 2.63. The molecule has 0 saturated carbocycles. The highest BCUT2D eigenvalue weighted by molar-refractivity contribution is 7.90. The Morgan fingerprint density at radius 3 is 0.867 bits per heavy atom. The molecule has 1 aliphatic rings. The van der Waals surface area contributed by atoms with Gasteiger partial charge in [-0.05, 0) is 37.0 Å². The minimum atomic E-state index is -3.81. The zero-order valence-corrected chi connectivity index (χ0v) is 21.6. The van der Waals surface area contributed by atoms with Crippen molar-refractivity contribution in [1.82, 2.24) is 12.9 Å². The number of rotatable bonds is 12. The van der Waals surface area contributed by atoms with Crippen LogP contribution in [0, 0.1) is 17.8 Å². The molecule has 180 valence electrons. The van der Waals surface area contributed by atoms with Crippen LogP contribution in [0.4, 0.5) is 0 Å². The second kappa shape index (κ2) is 11.0. The van der Waals surface area contributed by atoms with Gasteiger partial charge in [0.15, 0.2) is 0 Å². The van der Waals surface area contributed by atoms with Gasteiger partial charge in [0.05, 0.1) is 37.3 Å². The average molecular weight is 490 g/mol. The molecule has 0 radical (unpaired) electrons. The lowest BCUT2D eigenvalue weighted by molar-refractivity contribution is 0.127. The molecule has 0 aromatic carbocycles. The molecular formula is C18H39N3O6S3. The minimum absolute atomic E-state index is 0.148. The van der Waals surface area contributed by atoms with E-state index in [-0.39, 0.29) is 55.0 Å². The summed E-state index contributed by atoms with van der Waals surface area (Å²) in [5.74, 6) is 0.0169. The van der Waals surface area contributed by atoms with E-state index in [1.54, 1.807) is 0 Å². The van der Waals surface area contributed by atoms with Crippen LogP contribution in [-0.4, -0.2) is 75.4 Å². The smallest absolute Gasteiger partial charge is 0.212 e. The van der Waals surface area contributed by atoms with Crippen LogP contribution in [0.3, 0.4) is 0 Å². The summed E-state index contributed by atoms with van der Waals surface area (Å²) in [6, 6.07) is 0. The number of sulfonamides is 3. The molecule has 1 fully saturated rings. The normalized spacial score (nSPS) is 18.7. The molecule has 0 unspecified atom stereocenters. The van der Waals surface area contributed by atoms with E-state index in [1.807, 2.05) is 41.5 Å². The lowest BCUT2D eigenvalue weighted by Gasteiger charge is -2.40. The summed E-state index contributed by atoms with van der Waals surface area (Å²) >= 11 is 0. The Morgan fingerprint density at radius 2 is 0.700 bits per heavy atom. The fraction of sp³-hybridized carbons (Fsp3) is 1.00. The third-order valence-corrected chi connectivity index (χ3v) is 10.3. The van der Waals surface area contributed by atoms with Crippen LogP contribution in [-0.2, 0) is 30.1 Å². The molecule has 0 aromatic rings. The lowest BCUT2D eigenvalue weighted by Crippen LogP contribution is -2.60. The highest BCUT2D eigenvalue weighted by atomic mass is 32.2. The highest BCUT2D eigenvalue weighted by Gasteiger charge is 2.40. The van der Waals surface area contributed by atoms with Crippen molar-refractivity contribution in [2.24, 2.45) is 17.8 Å². The lowest BCUT2D eigenvalue weighted by atomic mass is 10.2. The molecule has 0 aromatic heterocycles. The first-order valence-corrected chi connectivity index (χ1v) is 15.3. The number of hydrogen-bond acceptors (Lipinski definition) is 6. The first kappa shape index (κ1) is 27.8. The molecule has 0 aliphatic carbocycles. The SMILES string of the molecule is CC(C)CCS(=O)(=O)N1CN(S(=O)(=O)CCC(C)C)CN(S(=O)(=O)CCC(C)C)C1. The van der Waals surface area contributed by atoms with E-state index in [1.165, 1.54) is 0 Å². The van der Waals surface area contributed by atoms with Crippen molar-refractivity contribution in [2.75, 3.05) is 37.3 Å². The van der Waals surface area contributed by atoms with Gasteiger partial charge in [0, 0.05) is 0 Å². The minimum Gasteiger partial charge on any atom is -0.212 e. The zero-order chi connectivity index (χ0) is 23.3. The Kier molecular flexibility index (Phi) is 10.2. The van der Waals surface area contributed by atoms with E-state index in [9.17, 15) is 25.3 Å². The molecule has 1 heterocycles. The Labute approximate surface area is 183 Å². The van der Waals surface area contributed by atoms with Gasteiger partial charge in [0.2, 0.25) is 30.1 Å². The van der Waals surface area contributed by atoms with Gasteiger partial charge >= 0.3 is 0 Å². The Balaban J connectivity index is 3.19. The molecular weight excluding hydrogens is 450 g/mol. The van der Waals surface area contributed by atoms with Crippen molar-refractivity contribution in [3.8, 4) is 0 Å². The second-order valence-corrected chi connectivity index (χ2v) is 15.5. The predicted molar refractivity (Wildman–Crippen MR) is 120 cm³/mol. The third kappa shape index (κ3) is 8.70. The molecule has 0 amide bonds. The van der Waals surface area contributed by atoms with Crippen molar-refractivity contribution in [2.45, 2.75) is 60.8 Å². The van der Waals surface area contributed by atoms with Crippen LogP contribution in [0.15, 0.2) is 0 Å². The van der Waals surface area contributed by atoms with Gasteiger partial charge in [-0.1, -0.05) is 41.5 Å². The van der Waals surface area contributed by atoms with E-state index in [0.29, 0.717) is 19.3 Å². The van der Waals surface area contributed by atoms with E-state index in [0.717, 1.165) is 12.9 Å². The van der Waals surface area contributed by atoms with E-state index >= 15 is 0 Å². The summed E-state index contributed by atoms with van der Waals surface area (Å²) < 4.78 is 80.1. The Morgan fingerprint density at radius 1 is 0.500 bits per heavy atom. The van der Waals surface area contributed by atoms with E-state index < -0.39 is 30.1 Å². The quantitative estimate of drug-likeness (QED) is 0.414. The van der Waals surface area contributed by atoms with Gasteiger partial charge < -0.3 is 0 Å². The molecule has 0 atom stereocenters. The molecule has 1 rings (SSSR count). The fourth-order valence-corrected chi connectivity index (χ4v) is 7.92. The molecule has 0 bridgehead atoms. The molecule has 12 heteroatoms. The molecule has 0 spiro atoms. The second-order valence-electron chi connectivity index (χ2n) is 9.28. The van der Waals surface area contributed by atoms with Gasteiger partial charge in [-0.2, -0.15) is 12.9 Å². The topological polar surface area (TPSA) is 112 Å². The molecule has 0 N–H and O–H groups in total. The first-order valence-electron chi connectivity index (χ1n) is 10.5. The fourth-order valence-electron chi connectivity index (χ4n) is 2.73. The molecule has 9 nitrogen and oxygen atoms in total. The monoisotopic (exact) mass is 489 g/mol. The van der Waals surface area contributed by atoms with Crippen molar-refractivity contribution >= 4 is 30.1 Å². The summed E-state index contributed by atoms with van der Waals surface area (Å²) in [7, 11) is -11.4. The maximum absolute atomic E-state index is 12.9. The van der Waals surface area contributed by atoms with Crippen LogP contribution in [0.25, 0.3) is 0 Å². The van der Waals surface area contributed by atoms with Crippen LogP contribution in [0.2, 0.25) is 0 Å². The maximum atomic E-state index is 12.9. The third-order valence-electron chi connectivity index (χ3n) is 4.99. The Hall–Kier alpha value is -0.270. The van der Waals surface area contributed by atoms with Crippen molar-refractivity contribution in [3.63, 3.8) is 0 Å². The largest absolute Gasteiger partial charge is 0.216 e. The van der Waals surface area contributed by atoms with Crippen molar-refractivity contribution in [3.05, 3.63) is 0 Å². The number of hydrogen-bond donors (Lipinski definition) is 0. The van der Waals surface area contributed by atoms with Gasteiger partial charge in [-0.25, -0.2) is 25.3 Å². The standard InChI is InChI=1S/C18H39N3O6S3/c1-16(2)7-10-28(22,23)19-13-20(29(24,25)11-8-17(3)4)15-21(14-19)30(26,27)12-9-18(5)6/h16-18H,7-15H2,1-6H3. The summed E-state index contributed by atoms with van der Waals surface area (Å²) in [4.78, 5) is 0. The highest BCUT2D eigenvalue weighted by Crippen LogP contribution is 2.22. The summed E-state index contributed by atoms with van der Waals surface area (Å²) in [5, 5.41) is 0. The Bertz CT molecular complexity index is 731. The van der Waals surface area contributed by atoms with Crippen molar-refractivity contribution in [1.29, 1.82) is 0 Å². The van der Waals surface area contributed by atoms with Gasteiger partial charge in [-0.15, -0.1) is 0 Å². The van der Waals surface area contributed by atoms with E-state index in [2.05, 4.69) is 0 Å². The van der Waals surface area contributed by atoms with Crippen LogP contribution in [0.1, 0.15) is 60.8 Å². The van der Waals surface area contributed by atoms with Gasteiger partial charge in [0.25, 0.3) is 0 Å². The van der Waals surface area contributed by atoms with Crippen LogP contribution >= 0.6 is 0 Å². The zero-order valence-electron chi connectivity index (χ0n) is 19.1. The summed E-state index contributed by atoms with van der Waals surface area (Å²) in [6.07, 6.45) is 1.25. The molecule has 1 aliphatic heterocycles. The van der Waals surface area contributed by atoms with Crippen molar-refractivity contribution < 1.29 is 25.3 Å². The van der Waals surface area contributed by atoms with Crippen LogP contribution in [0.5, 0.6) is 0 Å². The maximum Gasteiger partial charge on any atom is 0.216 e. The molecule has 1 saturated heterocycles. The molecule has 30 heavy (non-hydrogen) atoms. The summed E-state index contributed by atoms with van der Waals surface area (Å²) in [6.45, 7) is 10.3. The summed E-state index contributed by atoms with van der Waals surface area (Å²) in [5.41, 5.74) is 0. The van der Waals surface area contributed by atoms with Crippen LogP contribution < -0.4 is 0 Å². The predicted octanol–water partition coefficient (Wildman–Crippen LogP) is 1.91. The van der Waals surface area contributed by atoms with Gasteiger partial charge in [0.1, 0.15) is 0 Å². The number of nitrogens with zero attached hydrogens (tertiary/aromatic N) is 3. The van der Waals surface area contributed by atoms with Gasteiger partial charge in [-0.3, -0.25) is 0 Å².